The summed E-state index contributed by atoms with van der Waals surface area (Å²) in [5.41, 5.74) is -0.934. The zero-order valence-corrected chi connectivity index (χ0v) is 23.1. The largest absolute Gasteiger partial charge is 0.414 e. The summed E-state index contributed by atoms with van der Waals surface area (Å²) in [6.07, 6.45) is -7.64. The molecule has 5 rings (SSSR count). The van der Waals surface area contributed by atoms with E-state index in [0.717, 1.165) is 22.0 Å². The van der Waals surface area contributed by atoms with Crippen LogP contribution in [0.5, 0.6) is 0 Å². The van der Waals surface area contributed by atoms with Crippen molar-refractivity contribution in [3.8, 4) is 0 Å². The van der Waals surface area contributed by atoms with Crippen molar-refractivity contribution in [2.45, 2.75) is 68.9 Å². The average molecular weight is 629 g/mol. The minimum atomic E-state index is -4.61. The molecule has 2 aliphatic heterocycles. The van der Waals surface area contributed by atoms with Gasteiger partial charge in [-0.1, -0.05) is 40.9 Å². The average Bonchev–Trinajstić information content (AvgIpc) is 3.31. The maximum atomic E-state index is 14.5. The molecule has 15 heteroatoms. The smallest absolute Gasteiger partial charge is 0.351 e. The van der Waals surface area contributed by atoms with Crippen LogP contribution in [0.15, 0.2) is 65.3 Å². The summed E-state index contributed by atoms with van der Waals surface area (Å²) >= 11 is 6.44. The van der Waals surface area contributed by atoms with Crippen molar-refractivity contribution in [2.75, 3.05) is 5.01 Å². The predicted octanol–water partition coefficient (Wildman–Crippen LogP) is 6.22. The Morgan fingerprint density at radius 1 is 1.12 bits per heavy atom. The van der Waals surface area contributed by atoms with Gasteiger partial charge in [0.25, 0.3) is 11.8 Å². The van der Waals surface area contributed by atoms with Gasteiger partial charge in [0.15, 0.2) is 6.04 Å². The number of benzene rings is 2. The van der Waals surface area contributed by atoms with E-state index in [1.807, 2.05) is 0 Å². The zero-order valence-electron chi connectivity index (χ0n) is 22.3. The molecule has 2 aromatic rings. The number of halogens is 7. The Labute approximate surface area is 246 Å². The number of likely N-dealkylation sites (tertiary alicyclic amines) is 1. The van der Waals surface area contributed by atoms with Gasteiger partial charge >= 0.3 is 12.3 Å². The van der Waals surface area contributed by atoms with Crippen LogP contribution in [0.2, 0.25) is 5.02 Å². The minimum Gasteiger partial charge on any atom is -0.351 e. The second-order valence-corrected chi connectivity index (χ2v) is 10.9. The van der Waals surface area contributed by atoms with Gasteiger partial charge in [-0.25, -0.2) is 23.1 Å². The van der Waals surface area contributed by atoms with Gasteiger partial charge in [0.2, 0.25) is 5.91 Å². The molecule has 2 unspecified atom stereocenters. The lowest BCUT2D eigenvalue weighted by Crippen LogP contribution is -2.56. The van der Waals surface area contributed by atoms with E-state index in [2.05, 4.69) is 10.3 Å². The summed E-state index contributed by atoms with van der Waals surface area (Å²) in [5.74, 6) is -5.27. The van der Waals surface area contributed by atoms with Crippen LogP contribution in [0.25, 0.3) is 0 Å². The summed E-state index contributed by atoms with van der Waals surface area (Å²) < 4.78 is 81.2. The van der Waals surface area contributed by atoms with Crippen molar-refractivity contribution in [3.63, 3.8) is 0 Å². The first-order valence-electron chi connectivity index (χ1n) is 13.3. The van der Waals surface area contributed by atoms with E-state index in [9.17, 15) is 40.8 Å². The molecular formula is C28H25ClF6N5O3+. The fourth-order valence-electron chi connectivity index (χ4n) is 5.38. The number of rotatable bonds is 7. The van der Waals surface area contributed by atoms with Crippen LogP contribution in [-0.2, 0) is 9.59 Å². The SMILES string of the molecule is O=C(NC1CC(F)(F)C1)C(c1ccccc1Cl)N(c1cccc(F)c1)[N+](=O)C1CCC(=O)N1C1=NC=C(C(F)(F)F)CC1. The number of amides is 2. The number of hydrogen-bond donors (Lipinski definition) is 1. The van der Waals surface area contributed by atoms with Crippen molar-refractivity contribution in [2.24, 2.45) is 4.99 Å². The highest BCUT2D eigenvalue weighted by Crippen LogP contribution is 2.40. The van der Waals surface area contributed by atoms with E-state index >= 15 is 0 Å². The van der Waals surface area contributed by atoms with Crippen molar-refractivity contribution in [3.05, 3.63) is 81.6 Å². The number of alkyl halides is 5. The minimum absolute atomic E-state index is 0.0391. The third-order valence-corrected chi connectivity index (χ3v) is 7.83. The van der Waals surface area contributed by atoms with Gasteiger partial charge in [0.05, 0.1) is 10.5 Å². The number of anilines is 1. The first kappa shape index (κ1) is 30.5. The van der Waals surface area contributed by atoms with E-state index in [4.69, 9.17) is 11.6 Å². The topological polar surface area (TPSA) is 85.1 Å². The molecule has 2 fully saturated rings. The number of carbonyl (C=O) groups is 2. The van der Waals surface area contributed by atoms with Crippen LogP contribution in [0.1, 0.15) is 50.1 Å². The molecule has 8 nitrogen and oxygen atoms in total. The van der Waals surface area contributed by atoms with Gasteiger partial charge < -0.3 is 5.32 Å². The summed E-state index contributed by atoms with van der Waals surface area (Å²) in [5, 5.41) is 3.42. The number of hydrazine groups is 1. The normalized spacial score (nSPS) is 21.0. The van der Waals surface area contributed by atoms with Gasteiger partial charge in [-0.05, 0) is 24.6 Å². The molecule has 1 saturated carbocycles. The summed E-state index contributed by atoms with van der Waals surface area (Å²) in [7, 11) is 0. The Kier molecular flexibility index (Phi) is 8.25. The Morgan fingerprint density at radius 3 is 2.44 bits per heavy atom. The molecule has 1 N–H and O–H groups in total. The van der Waals surface area contributed by atoms with Crippen molar-refractivity contribution >= 4 is 34.9 Å². The summed E-state index contributed by atoms with van der Waals surface area (Å²) in [6.45, 7) is 0. The fourth-order valence-corrected chi connectivity index (χ4v) is 5.62. The highest BCUT2D eigenvalue weighted by Gasteiger charge is 2.53. The van der Waals surface area contributed by atoms with E-state index in [1.165, 1.54) is 30.3 Å². The maximum Gasteiger partial charge on any atom is 0.414 e. The molecule has 1 aliphatic carbocycles. The third kappa shape index (κ3) is 6.38. The van der Waals surface area contributed by atoms with E-state index in [1.54, 1.807) is 6.07 Å². The van der Waals surface area contributed by atoms with Crippen LogP contribution in [0.3, 0.4) is 0 Å². The molecule has 0 bridgehead atoms. The van der Waals surface area contributed by atoms with Gasteiger partial charge in [-0.15, -0.1) is 0 Å². The Morgan fingerprint density at radius 2 is 1.84 bits per heavy atom. The fraction of sp³-hybridized carbons (Fsp3) is 0.393. The molecule has 0 radical (unpaired) electrons. The lowest BCUT2D eigenvalue weighted by molar-refractivity contribution is -0.614. The maximum absolute atomic E-state index is 14.5. The molecule has 0 aromatic heterocycles. The molecule has 0 spiro atoms. The van der Waals surface area contributed by atoms with Crippen molar-refractivity contribution in [1.29, 1.82) is 0 Å². The Balaban J connectivity index is 1.57. The Hall–Kier alpha value is -3.94. The van der Waals surface area contributed by atoms with E-state index in [-0.39, 0.29) is 46.2 Å². The predicted molar refractivity (Wildman–Crippen MR) is 143 cm³/mol. The third-order valence-electron chi connectivity index (χ3n) is 7.48. The zero-order chi connectivity index (χ0) is 31.1. The Bertz CT molecular complexity index is 1510. The van der Waals surface area contributed by atoms with Crippen LogP contribution in [0.4, 0.5) is 32.0 Å². The van der Waals surface area contributed by atoms with Crippen molar-refractivity contribution < 1.29 is 40.8 Å². The van der Waals surface area contributed by atoms with Crippen molar-refractivity contribution in [1.82, 2.24) is 10.2 Å². The number of nitrogens with zero attached hydrogens (tertiary/aromatic N) is 4. The van der Waals surface area contributed by atoms with Crippen LogP contribution < -0.4 is 10.3 Å². The quantitative estimate of drug-likeness (QED) is 0.224. The first-order valence-corrected chi connectivity index (χ1v) is 13.7. The van der Waals surface area contributed by atoms with E-state index in [0.29, 0.717) is 6.20 Å². The molecular weight excluding hydrogens is 604 g/mol. The lowest BCUT2D eigenvalue weighted by atomic mass is 9.88. The molecule has 2 amide bonds. The van der Waals surface area contributed by atoms with E-state index < -0.39 is 72.8 Å². The van der Waals surface area contributed by atoms with Gasteiger partial charge in [0, 0.05) is 61.0 Å². The molecule has 2 aromatic carbocycles. The number of nitrogens with one attached hydrogen (secondary N) is 1. The molecule has 1 saturated heterocycles. The lowest BCUT2D eigenvalue weighted by Gasteiger charge is -2.37. The highest BCUT2D eigenvalue weighted by molar-refractivity contribution is 6.31. The number of hydrogen-bond acceptors (Lipinski definition) is 4. The van der Waals surface area contributed by atoms with Gasteiger partial charge in [0.1, 0.15) is 22.2 Å². The number of carbonyl (C=O) groups excluding carboxylic acids is 2. The second kappa shape index (κ2) is 11.6. The number of nitroso groups, excluding NO2 is 1. The van der Waals surface area contributed by atoms with Gasteiger partial charge in [-0.3, -0.25) is 9.59 Å². The number of amidine groups is 1. The number of allylic oxidation sites excluding steroid dienone is 1. The number of aliphatic imine (C=N–C) groups is 1. The highest BCUT2D eigenvalue weighted by atomic mass is 35.5. The monoisotopic (exact) mass is 628 g/mol. The van der Waals surface area contributed by atoms with Crippen LogP contribution in [-0.4, -0.2) is 51.7 Å². The second-order valence-electron chi connectivity index (χ2n) is 10.5. The van der Waals surface area contributed by atoms with Crippen LogP contribution >= 0.6 is 11.6 Å². The summed E-state index contributed by atoms with van der Waals surface area (Å²) in [6, 6.07) is 8.14. The standard InChI is InChI=1S/C28H24ClF6N5O3/c29-21-7-2-1-6-20(21)25(26(42)37-18-13-27(31,32)14-18)39(19-5-3-4-17(30)12-19)40(43)23-10-11-24(41)38(23)22-9-8-16(15-36-22)28(33,34)35/h1-7,12,15,18,23,25H,8-11,13-14H2/p+1. The molecule has 2 heterocycles. The molecule has 43 heavy (non-hydrogen) atoms. The van der Waals surface area contributed by atoms with Gasteiger partial charge in [-0.2, -0.15) is 13.2 Å². The summed E-state index contributed by atoms with van der Waals surface area (Å²) in [4.78, 5) is 46.1. The molecule has 2 atom stereocenters. The molecule has 228 valence electrons. The first-order chi connectivity index (χ1) is 20.2. The molecule has 3 aliphatic rings. The van der Waals surface area contributed by atoms with Crippen LogP contribution in [0, 0.1) is 10.7 Å².